The lowest BCUT2D eigenvalue weighted by Crippen LogP contribution is -2.20. The van der Waals surface area contributed by atoms with Gasteiger partial charge in [-0.25, -0.2) is 10.2 Å². The third kappa shape index (κ3) is 7.35. The number of thioether (sulfide) groups is 1. The van der Waals surface area contributed by atoms with Gasteiger partial charge in [-0.05, 0) is 77.5 Å². The lowest BCUT2D eigenvalue weighted by Gasteiger charge is -2.13. The molecular weight excluding hydrogens is 659 g/mol. The lowest BCUT2D eigenvalue weighted by atomic mass is 10.1. The van der Waals surface area contributed by atoms with Crippen molar-refractivity contribution < 1.29 is 24.2 Å². The zero-order chi connectivity index (χ0) is 29.4. The van der Waals surface area contributed by atoms with Gasteiger partial charge in [0.15, 0.2) is 22.5 Å². The van der Waals surface area contributed by atoms with Crippen LogP contribution in [0.2, 0.25) is 0 Å². The predicted molar refractivity (Wildman–Crippen MR) is 166 cm³/mol. The third-order valence-electron chi connectivity index (χ3n) is 5.86. The van der Waals surface area contributed by atoms with E-state index in [2.05, 4.69) is 54.7 Å². The van der Waals surface area contributed by atoms with Crippen molar-refractivity contribution in [3.05, 3.63) is 86.7 Å². The highest BCUT2D eigenvalue weighted by molar-refractivity contribution is 14.1. The number of carboxylic acid groups (broad SMARTS) is 1. The standard InChI is InChI=1S/C28H27IN6O5S/c1-17-13-19(29)10-11-21(17)30-15-23-32-34-28(35(23)20-7-5-4-6-8-20)41-16-24(36)33-31-14-18-9-12-22(39-2)26(40-3)25(18)27(37)38/h4-14,30H,15-16H2,1-3H3,(H,33,36)(H,37,38)/b31-14-. The number of carbonyl (C=O) groups excluding carboxylic acids is 1. The number of para-hydroxylation sites is 1. The number of aryl methyl sites for hydroxylation is 1. The van der Waals surface area contributed by atoms with Gasteiger partial charge in [-0.15, -0.1) is 10.2 Å². The van der Waals surface area contributed by atoms with E-state index >= 15 is 0 Å². The summed E-state index contributed by atoms with van der Waals surface area (Å²) >= 11 is 3.49. The monoisotopic (exact) mass is 686 g/mol. The van der Waals surface area contributed by atoms with Crippen molar-refractivity contribution in [2.45, 2.75) is 18.6 Å². The summed E-state index contributed by atoms with van der Waals surface area (Å²) in [6.07, 6.45) is 1.25. The Morgan fingerprint density at radius 3 is 2.56 bits per heavy atom. The molecule has 0 spiro atoms. The Morgan fingerprint density at radius 2 is 1.88 bits per heavy atom. The highest BCUT2D eigenvalue weighted by Gasteiger charge is 2.20. The van der Waals surface area contributed by atoms with Crippen molar-refractivity contribution >= 4 is 58.1 Å². The van der Waals surface area contributed by atoms with Crippen LogP contribution in [0.4, 0.5) is 5.69 Å². The zero-order valence-corrected chi connectivity index (χ0v) is 25.4. The fourth-order valence-electron chi connectivity index (χ4n) is 3.95. The van der Waals surface area contributed by atoms with Crippen LogP contribution in [0.25, 0.3) is 5.69 Å². The van der Waals surface area contributed by atoms with Gasteiger partial charge in [0.2, 0.25) is 0 Å². The first-order valence-electron chi connectivity index (χ1n) is 12.2. The summed E-state index contributed by atoms with van der Waals surface area (Å²) in [5.74, 6) is -0.595. The van der Waals surface area contributed by atoms with E-state index in [9.17, 15) is 14.7 Å². The number of hydrogen-bond acceptors (Lipinski definition) is 9. The summed E-state index contributed by atoms with van der Waals surface area (Å²) in [6, 6.07) is 18.9. The van der Waals surface area contributed by atoms with Crippen LogP contribution in [0.5, 0.6) is 11.5 Å². The number of nitrogens with one attached hydrogen (secondary N) is 2. The maximum absolute atomic E-state index is 12.6. The number of halogens is 1. The van der Waals surface area contributed by atoms with Crippen LogP contribution < -0.4 is 20.2 Å². The second-order valence-corrected chi connectivity index (χ2v) is 10.7. The zero-order valence-electron chi connectivity index (χ0n) is 22.4. The van der Waals surface area contributed by atoms with Crippen LogP contribution in [0, 0.1) is 10.5 Å². The summed E-state index contributed by atoms with van der Waals surface area (Å²) in [4.78, 5) is 24.4. The minimum absolute atomic E-state index is 0.00366. The van der Waals surface area contributed by atoms with Crippen LogP contribution >= 0.6 is 34.4 Å². The third-order valence-corrected chi connectivity index (χ3v) is 7.46. The van der Waals surface area contributed by atoms with Crippen molar-refractivity contribution in [3.8, 4) is 17.2 Å². The summed E-state index contributed by atoms with van der Waals surface area (Å²) < 4.78 is 13.4. The number of ether oxygens (including phenoxy) is 2. The van der Waals surface area contributed by atoms with Gasteiger partial charge in [-0.1, -0.05) is 30.0 Å². The maximum Gasteiger partial charge on any atom is 0.340 e. The number of carboxylic acids is 1. The highest BCUT2D eigenvalue weighted by Crippen LogP contribution is 2.33. The summed E-state index contributed by atoms with van der Waals surface area (Å²) in [6.45, 7) is 2.47. The van der Waals surface area contributed by atoms with Gasteiger partial charge in [0, 0.05) is 20.5 Å². The van der Waals surface area contributed by atoms with Crippen molar-refractivity contribution in [2.75, 3.05) is 25.3 Å². The predicted octanol–water partition coefficient (Wildman–Crippen LogP) is 4.75. The number of hydrogen-bond donors (Lipinski definition) is 3. The number of aromatic carboxylic acids is 1. The van der Waals surface area contributed by atoms with Crippen LogP contribution in [0.15, 0.2) is 70.9 Å². The molecule has 0 unspecified atom stereocenters. The van der Waals surface area contributed by atoms with Crippen LogP contribution in [0.3, 0.4) is 0 Å². The molecule has 212 valence electrons. The average molecular weight is 687 g/mol. The number of methoxy groups -OCH3 is 2. The molecule has 1 amide bonds. The molecule has 0 saturated carbocycles. The quantitative estimate of drug-likeness (QED) is 0.0834. The minimum Gasteiger partial charge on any atom is -0.493 e. The molecule has 4 rings (SSSR count). The molecule has 3 aromatic carbocycles. The number of nitrogens with zero attached hydrogens (tertiary/aromatic N) is 4. The van der Waals surface area contributed by atoms with E-state index in [0.717, 1.165) is 20.5 Å². The number of rotatable bonds is 12. The largest absolute Gasteiger partial charge is 0.493 e. The van der Waals surface area contributed by atoms with Gasteiger partial charge in [0.1, 0.15) is 5.56 Å². The highest BCUT2D eigenvalue weighted by atomic mass is 127. The normalized spacial score (nSPS) is 10.9. The first-order valence-corrected chi connectivity index (χ1v) is 14.3. The summed E-state index contributed by atoms with van der Waals surface area (Å²) in [5, 5.41) is 26.3. The van der Waals surface area contributed by atoms with E-state index in [-0.39, 0.29) is 28.4 Å². The number of carbonyl (C=O) groups is 2. The first-order chi connectivity index (χ1) is 19.8. The van der Waals surface area contributed by atoms with E-state index in [0.29, 0.717) is 17.5 Å². The van der Waals surface area contributed by atoms with Gasteiger partial charge < -0.3 is 19.9 Å². The SMILES string of the molecule is COc1ccc(/C=N\NC(=O)CSc2nnc(CNc3ccc(I)cc3C)n2-c2ccccc2)c(C(=O)O)c1OC. The Kier molecular flexibility index (Phi) is 10.2. The van der Waals surface area contributed by atoms with E-state index in [4.69, 9.17) is 9.47 Å². The number of hydrazone groups is 1. The molecule has 13 heteroatoms. The number of anilines is 1. The van der Waals surface area contributed by atoms with Crippen molar-refractivity contribution in [1.82, 2.24) is 20.2 Å². The van der Waals surface area contributed by atoms with Crippen LogP contribution in [-0.4, -0.2) is 57.9 Å². The molecular formula is C28H27IN6O5S. The molecule has 0 aliphatic rings. The fourth-order valence-corrected chi connectivity index (χ4v) is 5.36. The molecule has 0 aliphatic carbocycles. The molecule has 0 saturated heterocycles. The Hall–Kier alpha value is -4.11. The second-order valence-electron chi connectivity index (χ2n) is 8.53. The molecule has 0 aliphatic heterocycles. The van der Waals surface area contributed by atoms with Gasteiger partial charge in [0.25, 0.3) is 5.91 Å². The number of amides is 1. The second kappa shape index (κ2) is 14.0. The molecule has 0 radical (unpaired) electrons. The first kappa shape index (κ1) is 29.9. The molecule has 0 bridgehead atoms. The Labute approximate surface area is 254 Å². The van der Waals surface area contributed by atoms with Gasteiger partial charge in [-0.2, -0.15) is 5.10 Å². The van der Waals surface area contributed by atoms with Gasteiger partial charge in [-0.3, -0.25) is 9.36 Å². The Balaban J connectivity index is 1.46. The van der Waals surface area contributed by atoms with E-state index in [1.54, 1.807) is 6.07 Å². The molecule has 4 aromatic rings. The van der Waals surface area contributed by atoms with Gasteiger partial charge >= 0.3 is 5.97 Å². The average Bonchev–Trinajstić information content (AvgIpc) is 3.38. The van der Waals surface area contributed by atoms with E-state index in [1.807, 2.05) is 54.0 Å². The van der Waals surface area contributed by atoms with E-state index in [1.165, 1.54) is 38.3 Å². The summed E-state index contributed by atoms with van der Waals surface area (Å²) in [7, 11) is 2.76. The van der Waals surface area contributed by atoms with Crippen molar-refractivity contribution in [1.29, 1.82) is 0 Å². The fraction of sp³-hybridized carbons (Fsp3) is 0.179. The Bertz CT molecular complexity index is 1580. The number of aromatic nitrogens is 3. The smallest absolute Gasteiger partial charge is 0.340 e. The molecule has 11 nitrogen and oxygen atoms in total. The number of benzene rings is 3. The topological polar surface area (TPSA) is 140 Å². The summed E-state index contributed by atoms with van der Waals surface area (Å²) in [5.41, 5.74) is 5.53. The maximum atomic E-state index is 12.6. The molecule has 3 N–H and O–H groups in total. The molecule has 1 aromatic heterocycles. The van der Waals surface area contributed by atoms with Crippen molar-refractivity contribution in [2.24, 2.45) is 5.10 Å². The van der Waals surface area contributed by atoms with Crippen LogP contribution in [0.1, 0.15) is 27.3 Å². The van der Waals surface area contributed by atoms with Crippen molar-refractivity contribution in [3.63, 3.8) is 0 Å². The van der Waals surface area contributed by atoms with E-state index < -0.39 is 11.9 Å². The molecule has 41 heavy (non-hydrogen) atoms. The minimum atomic E-state index is -1.22. The lowest BCUT2D eigenvalue weighted by molar-refractivity contribution is -0.118. The van der Waals surface area contributed by atoms with Gasteiger partial charge in [0.05, 0.1) is 32.7 Å². The molecule has 0 atom stereocenters. The molecule has 1 heterocycles. The molecule has 0 fully saturated rings. The van der Waals surface area contributed by atoms with Crippen LogP contribution in [-0.2, 0) is 11.3 Å². The Morgan fingerprint density at radius 1 is 1.10 bits per heavy atom.